The zero-order chi connectivity index (χ0) is 12.1. The molecule has 0 bridgehead atoms. The molecule has 1 aliphatic rings. The van der Waals surface area contributed by atoms with Crippen LogP contribution < -0.4 is 10.6 Å². The molecule has 1 amide bonds. The third-order valence-corrected chi connectivity index (χ3v) is 2.93. The molecule has 2 N–H and O–H groups in total. The second-order valence-electron chi connectivity index (χ2n) is 4.55. The lowest BCUT2D eigenvalue weighted by atomic mass is 10.1. The van der Waals surface area contributed by atoms with Gasteiger partial charge in [0.15, 0.2) is 0 Å². The lowest BCUT2D eigenvalue weighted by molar-refractivity contribution is -0.121. The molecule has 4 heteroatoms. The first kappa shape index (κ1) is 12.0. The van der Waals surface area contributed by atoms with Crippen LogP contribution in [0.15, 0.2) is 24.5 Å². The lowest BCUT2D eigenvalue weighted by Gasteiger charge is -2.13. The highest BCUT2D eigenvalue weighted by atomic mass is 16.1. The summed E-state index contributed by atoms with van der Waals surface area (Å²) in [4.78, 5) is 15.5. The molecule has 1 heterocycles. The van der Waals surface area contributed by atoms with Gasteiger partial charge in [0.1, 0.15) is 0 Å². The quantitative estimate of drug-likeness (QED) is 0.781. The second kappa shape index (κ2) is 5.77. The van der Waals surface area contributed by atoms with E-state index in [9.17, 15) is 4.79 Å². The van der Waals surface area contributed by atoms with E-state index >= 15 is 0 Å². The van der Waals surface area contributed by atoms with Crippen molar-refractivity contribution >= 4 is 5.91 Å². The molecule has 1 atom stereocenters. The highest BCUT2D eigenvalue weighted by Crippen LogP contribution is 2.18. The first-order valence-corrected chi connectivity index (χ1v) is 6.18. The average Bonchev–Trinajstić information content (AvgIpc) is 3.14. The van der Waals surface area contributed by atoms with E-state index in [2.05, 4.69) is 22.5 Å². The normalized spacial score (nSPS) is 16.5. The first-order valence-electron chi connectivity index (χ1n) is 6.18. The van der Waals surface area contributed by atoms with Gasteiger partial charge in [-0.2, -0.15) is 0 Å². The van der Waals surface area contributed by atoms with Crippen molar-refractivity contribution in [3.63, 3.8) is 0 Å². The summed E-state index contributed by atoms with van der Waals surface area (Å²) >= 11 is 0. The number of carbonyl (C=O) groups is 1. The van der Waals surface area contributed by atoms with Crippen LogP contribution in [0.4, 0.5) is 0 Å². The third kappa shape index (κ3) is 4.15. The van der Waals surface area contributed by atoms with Crippen LogP contribution in [-0.4, -0.2) is 23.5 Å². The first-order chi connectivity index (χ1) is 8.25. The summed E-state index contributed by atoms with van der Waals surface area (Å²) in [7, 11) is 0. The van der Waals surface area contributed by atoms with Crippen LogP contribution in [0.2, 0.25) is 0 Å². The molecular weight excluding hydrogens is 214 g/mol. The van der Waals surface area contributed by atoms with E-state index < -0.39 is 0 Å². The summed E-state index contributed by atoms with van der Waals surface area (Å²) in [5.41, 5.74) is 1.15. The standard InChI is InChI=1S/C13H19N3O/c1-10(11-3-2-7-14-9-11)15-8-6-13(17)16-12-4-5-12/h2-3,7,9-10,12,15H,4-6,8H2,1H3,(H,16,17)/t10-/m0/s1. The monoisotopic (exact) mass is 233 g/mol. The third-order valence-electron chi connectivity index (χ3n) is 2.93. The van der Waals surface area contributed by atoms with E-state index in [4.69, 9.17) is 0 Å². The molecular formula is C13H19N3O. The summed E-state index contributed by atoms with van der Waals surface area (Å²) in [6, 6.07) is 4.65. The van der Waals surface area contributed by atoms with Gasteiger partial charge in [-0.3, -0.25) is 9.78 Å². The van der Waals surface area contributed by atoms with Gasteiger partial charge in [-0.05, 0) is 31.4 Å². The van der Waals surface area contributed by atoms with E-state index in [0.717, 1.165) is 18.4 Å². The summed E-state index contributed by atoms with van der Waals surface area (Å²) in [6.07, 6.45) is 6.44. The fourth-order valence-electron chi connectivity index (χ4n) is 1.68. The maximum absolute atomic E-state index is 11.4. The molecule has 1 aromatic rings. The summed E-state index contributed by atoms with van der Waals surface area (Å²) in [5.74, 6) is 0.151. The van der Waals surface area contributed by atoms with E-state index in [1.807, 2.05) is 18.3 Å². The molecule has 4 nitrogen and oxygen atoms in total. The summed E-state index contributed by atoms with van der Waals surface area (Å²) in [6.45, 7) is 2.78. The highest BCUT2D eigenvalue weighted by molar-refractivity contribution is 5.76. The topological polar surface area (TPSA) is 54.0 Å². The molecule has 0 radical (unpaired) electrons. The molecule has 0 unspecified atom stereocenters. The van der Waals surface area contributed by atoms with Gasteiger partial charge in [-0.25, -0.2) is 0 Å². The van der Waals surface area contributed by atoms with Crippen LogP contribution in [0.25, 0.3) is 0 Å². The largest absolute Gasteiger partial charge is 0.353 e. The van der Waals surface area contributed by atoms with Crippen molar-refractivity contribution < 1.29 is 4.79 Å². The van der Waals surface area contributed by atoms with Crippen molar-refractivity contribution in [2.24, 2.45) is 0 Å². The lowest BCUT2D eigenvalue weighted by Crippen LogP contribution is -2.30. The molecule has 2 rings (SSSR count). The zero-order valence-corrected chi connectivity index (χ0v) is 10.1. The number of hydrogen-bond donors (Lipinski definition) is 2. The van der Waals surface area contributed by atoms with Crippen LogP contribution >= 0.6 is 0 Å². The number of rotatable bonds is 6. The van der Waals surface area contributed by atoms with Crippen molar-refractivity contribution in [3.05, 3.63) is 30.1 Å². The van der Waals surface area contributed by atoms with Gasteiger partial charge >= 0.3 is 0 Å². The van der Waals surface area contributed by atoms with Gasteiger partial charge in [0.25, 0.3) is 0 Å². The maximum Gasteiger partial charge on any atom is 0.221 e. The molecule has 0 aliphatic heterocycles. The fraction of sp³-hybridized carbons (Fsp3) is 0.538. The Morgan fingerprint density at radius 2 is 2.41 bits per heavy atom. The smallest absolute Gasteiger partial charge is 0.221 e. The average molecular weight is 233 g/mol. The van der Waals surface area contributed by atoms with Gasteiger partial charge in [0.2, 0.25) is 5.91 Å². The minimum atomic E-state index is 0.151. The van der Waals surface area contributed by atoms with E-state index in [1.165, 1.54) is 0 Å². The number of nitrogens with zero attached hydrogens (tertiary/aromatic N) is 1. The Bertz CT molecular complexity index is 362. The Morgan fingerprint density at radius 1 is 1.59 bits per heavy atom. The van der Waals surface area contributed by atoms with Crippen molar-refractivity contribution in [2.45, 2.75) is 38.3 Å². The van der Waals surface area contributed by atoms with Crippen LogP contribution in [-0.2, 0) is 4.79 Å². The van der Waals surface area contributed by atoms with Gasteiger partial charge in [-0.1, -0.05) is 6.07 Å². The van der Waals surface area contributed by atoms with Crippen molar-refractivity contribution in [1.29, 1.82) is 0 Å². The van der Waals surface area contributed by atoms with Crippen LogP contribution in [0, 0.1) is 0 Å². The van der Waals surface area contributed by atoms with Crippen LogP contribution in [0.3, 0.4) is 0 Å². The number of carbonyl (C=O) groups excluding carboxylic acids is 1. The minimum Gasteiger partial charge on any atom is -0.353 e. The van der Waals surface area contributed by atoms with Crippen LogP contribution in [0.5, 0.6) is 0 Å². The Labute approximate surface area is 102 Å². The molecule has 1 saturated carbocycles. The minimum absolute atomic E-state index is 0.151. The Balaban J connectivity index is 1.65. The Morgan fingerprint density at radius 3 is 3.06 bits per heavy atom. The summed E-state index contributed by atoms with van der Waals surface area (Å²) < 4.78 is 0. The SMILES string of the molecule is C[C@H](NCCC(=O)NC1CC1)c1cccnc1. The molecule has 0 spiro atoms. The van der Waals surface area contributed by atoms with Gasteiger partial charge in [-0.15, -0.1) is 0 Å². The molecule has 17 heavy (non-hydrogen) atoms. The van der Waals surface area contributed by atoms with Crippen molar-refractivity contribution in [2.75, 3.05) is 6.54 Å². The molecule has 1 aromatic heterocycles. The predicted octanol–water partition coefficient (Wildman–Crippen LogP) is 1.40. The van der Waals surface area contributed by atoms with E-state index in [1.54, 1.807) is 6.20 Å². The number of hydrogen-bond acceptors (Lipinski definition) is 3. The van der Waals surface area contributed by atoms with Crippen molar-refractivity contribution in [1.82, 2.24) is 15.6 Å². The molecule has 0 saturated heterocycles. The molecule has 0 aromatic carbocycles. The molecule has 1 fully saturated rings. The van der Waals surface area contributed by atoms with E-state index in [-0.39, 0.29) is 11.9 Å². The van der Waals surface area contributed by atoms with Gasteiger partial charge < -0.3 is 10.6 Å². The number of pyridine rings is 1. The van der Waals surface area contributed by atoms with Gasteiger partial charge in [0, 0.05) is 37.4 Å². The zero-order valence-electron chi connectivity index (χ0n) is 10.1. The Hall–Kier alpha value is -1.42. The van der Waals surface area contributed by atoms with Crippen molar-refractivity contribution in [3.8, 4) is 0 Å². The maximum atomic E-state index is 11.4. The molecule has 1 aliphatic carbocycles. The van der Waals surface area contributed by atoms with Gasteiger partial charge in [0.05, 0.1) is 0 Å². The fourth-order valence-corrected chi connectivity index (χ4v) is 1.68. The number of aromatic nitrogens is 1. The predicted molar refractivity (Wildman–Crippen MR) is 66.4 cm³/mol. The molecule has 92 valence electrons. The number of nitrogens with one attached hydrogen (secondary N) is 2. The van der Waals surface area contributed by atoms with Crippen LogP contribution in [0.1, 0.15) is 37.8 Å². The van der Waals surface area contributed by atoms with E-state index in [0.29, 0.717) is 19.0 Å². The summed E-state index contributed by atoms with van der Waals surface area (Å²) in [5, 5.41) is 6.30. The highest BCUT2D eigenvalue weighted by Gasteiger charge is 2.22. The number of amides is 1. The Kier molecular flexibility index (Phi) is 4.09. The second-order valence-corrected chi connectivity index (χ2v) is 4.55.